The summed E-state index contributed by atoms with van der Waals surface area (Å²) in [6, 6.07) is 0.264. The van der Waals surface area contributed by atoms with Gasteiger partial charge >= 0.3 is 0 Å². The summed E-state index contributed by atoms with van der Waals surface area (Å²) in [5.74, 6) is 0.391. The summed E-state index contributed by atoms with van der Waals surface area (Å²) in [6.07, 6.45) is 4.50. The second kappa shape index (κ2) is 7.64. The van der Waals surface area contributed by atoms with E-state index in [0.717, 1.165) is 25.7 Å². The van der Waals surface area contributed by atoms with Crippen LogP contribution in [0.3, 0.4) is 0 Å². The zero-order valence-electron chi connectivity index (χ0n) is 13.9. The first-order valence-corrected chi connectivity index (χ1v) is 8.26. The van der Waals surface area contributed by atoms with Crippen molar-refractivity contribution >= 4 is 24.2 Å². The third-order valence-electron chi connectivity index (χ3n) is 5.22. The van der Waals surface area contributed by atoms with E-state index in [1.165, 1.54) is 0 Å². The van der Waals surface area contributed by atoms with Crippen molar-refractivity contribution < 1.29 is 9.59 Å². The third-order valence-corrected chi connectivity index (χ3v) is 5.22. The van der Waals surface area contributed by atoms with E-state index in [4.69, 9.17) is 5.73 Å². The molecule has 2 rings (SSSR count). The van der Waals surface area contributed by atoms with Crippen molar-refractivity contribution in [1.82, 2.24) is 10.2 Å². The van der Waals surface area contributed by atoms with Crippen molar-refractivity contribution in [3.05, 3.63) is 0 Å². The number of nitrogens with two attached hydrogens (primary N) is 1. The van der Waals surface area contributed by atoms with Crippen LogP contribution >= 0.6 is 12.4 Å². The molecule has 0 aromatic carbocycles. The smallest absolute Gasteiger partial charge is 0.225 e. The van der Waals surface area contributed by atoms with Crippen molar-refractivity contribution in [2.75, 3.05) is 13.1 Å². The number of likely N-dealkylation sites (tertiary alicyclic amines) is 1. The Morgan fingerprint density at radius 3 is 2.45 bits per heavy atom. The first-order chi connectivity index (χ1) is 9.95. The lowest BCUT2D eigenvalue weighted by Crippen LogP contribution is -2.55. The van der Waals surface area contributed by atoms with Crippen LogP contribution in [0.5, 0.6) is 0 Å². The summed E-state index contributed by atoms with van der Waals surface area (Å²) in [7, 11) is 0. The number of rotatable bonds is 7. The van der Waals surface area contributed by atoms with E-state index in [9.17, 15) is 9.59 Å². The van der Waals surface area contributed by atoms with E-state index >= 15 is 0 Å². The number of amides is 2. The fraction of sp³-hybridized carbons (Fsp3) is 0.875. The zero-order valence-corrected chi connectivity index (χ0v) is 14.7. The molecule has 1 heterocycles. The molecule has 1 aliphatic carbocycles. The Labute approximate surface area is 139 Å². The lowest BCUT2D eigenvalue weighted by molar-refractivity contribution is -0.130. The third kappa shape index (κ3) is 3.93. The van der Waals surface area contributed by atoms with Crippen molar-refractivity contribution in [2.45, 2.75) is 64.5 Å². The van der Waals surface area contributed by atoms with Crippen LogP contribution in [0.2, 0.25) is 0 Å². The van der Waals surface area contributed by atoms with Gasteiger partial charge in [-0.2, -0.15) is 0 Å². The Hall–Kier alpha value is -0.810. The van der Waals surface area contributed by atoms with Gasteiger partial charge in [0.25, 0.3) is 0 Å². The number of hydrogen-bond donors (Lipinski definition) is 2. The highest BCUT2D eigenvalue weighted by atomic mass is 35.5. The molecule has 1 aliphatic heterocycles. The molecule has 2 unspecified atom stereocenters. The number of hydrogen-bond acceptors (Lipinski definition) is 3. The van der Waals surface area contributed by atoms with Gasteiger partial charge in [-0.3, -0.25) is 9.59 Å². The molecule has 5 nitrogen and oxygen atoms in total. The molecule has 0 radical (unpaired) electrons. The molecule has 2 amide bonds. The Bertz CT molecular complexity index is 410. The molecular formula is C16H30ClN3O2. The normalized spacial score (nSPS) is 24.1. The predicted molar refractivity (Wildman–Crippen MR) is 89.8 cm³/mol. The van der Waals surface area contributed by atoms with Gasteiger partial charge in [-0.15, -0.1) is 12.4 Å². The summed E-state index contributed by atoms with van der Waals surface area (Å²) in [4.78, 5) is 26.5. The van der Waals surface area contributed by atoms with E-state index in [1.807, 2.05) is 11.8 Å². The molecule has 3 N–H and O–H groups in total. The fourth-order valence-electron chi connectivity index (χ4n) is 3.41. The van der Waals surface area contributed by atoms with Crippen molar-refractivity contribution in [1.29, 1.82) is 0 Å². The number of halogens is 1. The van der Waals surface area contributed by atoms with Crippen LogP contribution < -0.4 is 11.1 Å². The van der Waals surface area contributed by atoms with Gasteiger partial charge in [0.15, 0.2) is 0 Å². The van der Waals surface area contributed by atoms with Crippen LogP contribution in [0.1, 0.15) is 52.9 Å². The van der Waals surface area contributed by atoms with E-state index < -0.39 is 0 Å². The molecule has 2 fully saturated rings. The van der Waals surface area contributed by atoms with Crippen LogP contribution in [0.4, 0.5) is 0 Å². The first kappa shape index (κ1) is 19.2. The highest BCUT2D eigenvalue weighted by Crippen LogP contribution is 2.39. The minimum absolute atomic E-state index is 0. The van der Waals surface area contributed by atoms with Crippen LogP contribution in [-0.4, -0.2) is 41.4 Å². The number of nitrogens with one attached hydrogen (secondary N) is 1. The van der Waals surface area contributed by atoms with E-state index in [1.54, 1.807) is 0 Å². The second-order valence-corrected chi connectivity index (χ2v) is 6.80. The largest absolute Gasteiger partial charge is 0.349 e. The standard InChI is InChI=1S/C16H29N3O2.ClH/c1-4-13(5-2)19-9-11(8-14(19)20)15(21)18-16(3,10-17)12-6-7-12;/h11-13H,4-10,17H2,1-3H3,(H,18,21);1H. The average molecular weight is 332 g/mol. The maximum Gasteiger partial charge on any atom is 0.225 e. The highest BCUT2D eigenvalue weighted by molar-refractivity contribution is 5.89. The molecular weight excluding hydrogens is 302 g/mol. The first-order valence-electron chi connectivity index (χ1n) is 8.26. The number of carbonyl (C=O) groups excluding carboxylic acids is 2. The second-order valence-electron chi connectivity index (χ2n) is 6.80. The molecule has 1 saturated heterocycles. The molecule has 0 aromatic rings. The minimum Gasteiger partial charge on any atom is -0.349 e. The SMILES string of the molecule is CCC(CC)N1CC(C(=O)NC(C)(CN)C2CC2)CC1=O.Cl. The molecule has 0 aromatic heterocycles. The van der Waals surface area contributed by atoms with Crippen LogP contribution in [0.25, 0.3) is 0 Å². The van der Waals surface area contributed by atoms with E-state index in [-0.39, 0.29) is 41.7 Å². The lowest BCUT2D eigenvalue weighted by atomic mass is 9.94. The molecule has 2 aliphatic rings. The Morgan fingerprint density at radius 2 is 2.00 bits per heavy atom. The topological polar surface area (TPSA) is 75.4 Å². The van der Waals surface area contributed by atoms with Crippen LogP contribution in [0.15, 0.2) is 0 Å². The molecule has 0 bridgehead atoms. The van der Waals surface area contributed by atoms with E-state index in [0.29, 0.717) is 25.4 Å². The van der Waals surface area contributed by atoms with Gasteiger partial charge in [0.2, 0.25) is 11.8 Å². The zero-order chi connectivity index (χ0) is 15.6. The van der Waals surface area contributed by atoms with Gasteiger partial charge in [-0.25, -0.2) is 0 Å². The fourth-order valence-corrected chi connectivity index (χ4v) is 3.41. The molecule has 22 heavy (non-hydrogen) atoms. The maximum absolute atomic E-state index is 12.5. The van der Waals surface area contributed by atoms with Crippen molar-refractivity contribution in [3.8, 4) is 0 Å². The monoisotopic (exact) mass is 331 g/mol. The van der Waals surface area contributed by atoms with Gasteiger partial charge in [0.05, 0.1) is 11.5 Å². The Kier molecular flexibility index (Phi) is 6.68. The Morgan fingerprint density at radius 1 is 1.41 bits per heavy atom. The molecule has 6 heteroatoms. The number of carbonyl (C=O) groups is 2. The van der Waals surface area contributed by atoms with Crippen molar-refractivity contribution in [3.63, 3.8) is 0 Å². The Balaban J connectivity index is 0.00000242. The summed E-state index contributed by atoms with van der Waals surface area (Å²) in [5, 5.41) is 3.12. The lowest BCUT2D eigenvalue weighted by Gasteiger charge is -2.31. The average Bonchev–Trinajstić information content (AvgIpc) is 3.25. The van der Waals surface area contributed by atoms with Gasteiger partial charge in [-0.05, 0) is 38.5 Å². The van der Waals surface area contributed by atoms with Gasteiger partial charge in [-0.1, -0.05) is 13.8 Å². The van der Waals surface area contributed by atoms with Crippen LogP contribution in [-0.2, 0) is 9.59 Å². The molecule has 2 atom stereocenters. The predicted octanol–water partition coefficient (Wildman–Crippen LogP) is 1.69. The van der Waals surface area contributed by atoms with Crippen LogP contribution in [0, 0.1) is 11.8 Å². The van der Waals surface area contributed by atoms with Gasteiger partial charge in [0, 0.05) is 25.6 Å². The minimum atomic E-state index is -0.303. The van der Waals surface area contributed by atoms with Gasteiger partial charge in [0.1, 0.15) is 0 Å². The van der Waals surface area contributed by atoms with Gasteiger partial charge < -0.3 is 16.0 Å². The molecule has 128 valence electrons. The summed E-state index contributed by atoms with van der Waals surface area (Å²) in [5.41, 5.74) is 5.55. The quantitative estimate of drug-likeness (QED) is 0.745. The highest BCUT2D eigenvalue weighted by Gasteiger charge is 2.44. The number of nitrogens with zero attached hydrogens (tertiary/aromatic N) is 1. The summed E-state index contributed by atoms with van der Waals surface area (Å²) >= 11 is 0. The van der Waals surface area contributed by atoms with Crippen molar-refractivity contribution in [2.24, 2.45) is 17.6 Å². The molecule has 1 saturated carbocycles. The summed E-state index contributed by atoms with van der Waals surface area (Å²) < 4.78 is 0. The molecule has 0 spiro atoms. The van der Waals surface area contributed by atoms with E-state index in [2.05, 4.69) is 19.2 Å². The maximum atomic E-state index is 12.5. The summed E-state index contributed by atoms with van der Waals surface area (Å²) in [6.45, 7) is 7.22.